The lowest BCUT2D eigenvalue weighted by Crippen LogP contribution is -2.24. The lowest BCUT2D eigenvalue weighted by molar-refractivity contribution is 0.0952. The number of rotatable bonds is 5. The van der Waals surface area contributed by atoms with Gasteiger partial charge in [-0.3, -0.25) is 4.79 Å². The van der Waals surface area contributed by atoms with Crippen molar-refractivity contribution >= 4 is 29.1 Å². The maximum Gasteiger partial charge on any atom is 0.251 e. The second kappa shape index (κ2) is 6.71. The van der Waals surface area contributed by atoms with Crippen molar-refractivity contribution in [1.82, 2.24) is 5.32 Å². The van der Waals surface area contributed by atoms with Crippen LogP contribution in [0.3, 0.4) is 0 Å². The molecule has 0 saturated carbocycles. The largest absolute Gasteiger partial charge is 0.352 e. The first-order valence-electron chi connectivity index (χ1n) is 4.94. The van der Waals surface area contributed by atoms with Crippen LogP contribution in [0.1, 0.15) is 23.2 Å². The van der Waals surface area contributed by atoms with E-state index in [1.807, 2.05) is 0 Å². The Kier molecular flexibility index (Phi) is 5.56. The normalized spacial score (nSPS) is 10.2. The molecule has 1 N–H and O–H groups in total. The molecule has 0 aliphatic rings. The Labute approximate surface area is 104 Å². The van der Waals surface area contributed by atoms with Crippen LogP contribution in [-0.2, 0) is 0 Å². The molecule has 0 radical (unpaired) electrons. The predicted octanol–water partition coefficient (Wildman–Crippen LogP) is 3.23. The summed E-state index contributed by atoms with van der Waals surface area (Å²) in [6, 6.07) is 3.98. The van der Waals surface area contributed by atoms with Gasteiger partial charge in [0.25, 0.3) is 5.91 Å². The van der Waals surface area contributed by atoms with Gasteiger partial charge >= 0.3 is 0 Å². The van der Waals surface area contributed by atoms with E-state index in [-0.39, 0.29) is 16.5 Å². The number of amides is 1. The van der Waals surface area contributed by atoms with Gasteiger partial charge in [-0.1, -0.05) is 11.6 Å². The first-order valence-corrected chi connectivity index (χ1v) is 5.85. The molecule has 0 unspecified atom stereocenters. The van der Waals surface area contributed by atoms with Gasteiger partial charge in [0, 0.05) is 18.0 Å². The molecule has 16 heavy (non-hydrogen) atoms. The van der Waals surface area contributed by atoms with E-state index in [1.54, 1.807) is 0 Å². The van der Waals surface area contributed by atoms with Crippen LogP contribution in [0, 0.1) is 5.82 Å². The van der Waals surface area contributed by atoms with E-state index in [4.69, 9.17) is 23.2 Å². The second-order valence-corrected chi connectivity index (χ2v) is 4.07. The summed E-state index contributed by atoms with van der Waals surface area (Å²) in [6.07, 6.45) is 1.65. The first kappa shape index (κ1) is 13.3. The van der Waals surface area contributed by atoms with Crippen LogP contribution in [0.2, 0.25) is 5.02 Å². The average molecular weight is 264 g/mol. The number of unbranched alkanes of at least 4 members (excludes halogenated alkanes) is 1. The summed E-state index contributed by atoms with van der Waals surface area (Å²) >= 11 is 11.0. The summed E-state index contributed by atoms with van der Waals surface area (Å²) in [5.74, 6) is -0.314. The molecule has 1 aromatic rings. The van der Waals surface area contributed by atoms with Gasteiger partial charge in [-0.2, -0.15) is 0 Å². The molecule has 0 aliphatic carbocycles. The molecule has 1 aromatic carbocycles. The number of nitrogens with one attached hydrogen (secondary N) is 1. The summed E-state index contributed by atoms with van der Waals surface area (Å²) in [5, 5.41) is 2.69. The molecule has 0 fully saturated rings. The highest BCUT2D eigenvalue weighted by atomic mass is 35.5. The third-order valence-corrected chi connectivity index (χ3v) is 2.60. The molecule has 1 rings (SSSR count). The Balaban J connectivity index is 2.50. The van der Waals surface area contributed by atoms with Crippen LogP contribution in [0.25, 0.3) is 0 Å². The zero-order valence-electron chi connectivity index (χ0n) is 8.60. The van der Waals surface area contributed by atoms with Gasteiger partial charge in [0.2, 0.25) is 0 Å². The molecular formula is C11H12Cl2FNO. The van der Waals surface area contributed by atoms with Gasteiger partial charge in [-0.25, -0.2) is 4.39 Å². The summed E-state index contributed by atoms with van der Waals surface area (Å²) in [7, 11) is 0. The number of hydrogen-bond donors (Lipinski definition) is 1. The molecule has 2 nitrogen and oxygen atoms in total. The quantitative estimate of drug-likeness (QED) is 0.642. The number of halogens is 3. The Morgan fingerprint density at radius 2 is 2.12 bits per heavy atom. The minimum absolute atomic E-state index is 0.0127. The molecular weight excluding hydrogens is 252 g/mol. The van der Waals surface area contributed by atoms with E-state index in [2.05, 4.69) is 5.32 Å². The smallest absolute Gasteiger partial charge is 0.251 e. The van der Waals surface area contributed by atoms with Crippen LogP contribution in [0.5, 0.6) is 0 Å². The molecule has 0 heterocycles. The maximum atomic E-state index is 13.1. The SMILES string of the molecule is O=C(NCCCCCl)c1ccc(Cl)c(F)c1. The third-order valence-electron chi connectivity index (χ3n) is 2.03. The molecule has 0 atom stereocenters. The van der Waals surface area contributed by atoms with Crippen molar-refractivity contribution < 1.29 is 9.18 Å². The van der Waals surface area contributed by atoms with Gasteiger partial charge in [0.05, 0.1) is 5.02 Å². The fourth-order valence-electron chi connectivity index (χ4n) is 1.16. The zero-order chi connectivity index (χ0) is 12.0. The topological polar surface area (TPSA) is 29.1 Å². The van der Waals surface area contributed by atoms with Crippen molar-refractivity contribution in [2.75, 3.05) is 12.4 Å². The fraction of sp³-hybridized carbons (Fsp3) is 0.364. The summed E-state index contributed by atoms with van der Waals surface area (Å²) in [4.78, 5) is 11.5. The third kappa shape index (κ3) is 3.99. The zero-order valence-corrected chi connectivity index (χ0v) is 10.1. The van der Waals surface area contributed by atoms with Crippen LogP contribution in [-0.4, -0.2) is 18.3 Å². The molecule has 0 spiro atoms. The van der Waals surface area contributed by atoms with Crippen molar-refractivity contribution in [2.45, 2.75) is 12.8 Å². The van der Waals surface area contributed by atoms with Crippen LogP contribution < -0.4 is 5.32 Å². The van der Waals surface area contributed by atoms with E-state index in [1.165, 1.54) is 12.1 Å². The minimum Gasteiger partial charge on any atom is -0.352 e. The van der Waals surface area contributed by atoms with Crippen molar-refractivity contribution in [1.29, 1.82) is 0 Å². The second-order valence-electron chi connectivity index (χ2n) is 3.28. The molecule has 5 heteroatoms. The van der Waals surface area contributed by atoms with Crippen molar-refractivity contribution in [3.05, 3.63) is 34.6 Å². The number of hydrogen-bond acceptors (Lipinski definition) is 1. The van der Waals surface area contributed by atoms with Gasteiger partial charge < -0.3 is 5.32 Å². The Morgan fingerprint density at radius 3 is 2.75 bits per heavy atom. The van der Waals surface area contributed by atoms with Gasteiger partial charge in [-0.05, 0) is 31.0 Å². The summed E-state index contributed by atoms with van der Waals surface area (Å²) in [5.41, 5.74) is 0.271. The number of carbonyl (C=O) groups excluding carboxylic acids is 1. The van der Waals surface area contributed by atoms with E-state index in [0.29, 0.717) is 12.4 Å². The lowest BCUT2D eigenvalue weighted by Gasteiger charge is -2.04. The van der Waals surface area contributed by atoms with Gasteiger partial charge in [0.15, 0.2) is 0 Å². The highest BCUT2D eigenvalue weighted by Gasteiger charge is 2.07. The molecule has 0 saturated heterocycles. The molecule has 1 amide bonds. The van der Waals surface area contributed by atoms with Crippen LogP contribution >= 0.6 is 23.2 Å². The van der Waals surface area contributed by atoms with Crippen molar-refractivity contribution in [2.24, 2.45) is 0 Å². The number of benzene rings is 1. The van der Waals surface area contributed by atoms with E-state index in [9.17, 15) is 9.18 Å². The Morgan fingerprint density at radius 1 is 1.38 bits per heavy atom. The summed E-state index contributed by atoms with van der Waals surface area (Å²) < 4.78 is 13.1. The van der Waals surface area contributed by atoms with Crippen molar-refractivity contribution in [3.63, 3.8) is 0 Å². The Hall–Kier alpha value is -0.800. The Bertz CT molecular complexity index is 371. The van der Waals surface area contributed by atoms with E-state index < -0.39 is 5.82 Å². The van der Waals surface area contributed by atoms with Crippen LogP contribution in [0.15, 0.2) is 18.2 Å². The van der Waals surface area contributed by atoms with Crippen LogP contribution in [0.4, 0.5) is 4.39 Å². The highest BCUT2D eigenvalue weighted by Crippen LogP contribution is 2.15. The van der Waals surface area contributed by atoms with E-state index >= 15 is 0 Å². The number of alkyl halides is 1. The average Bonchev–Trinajstić information content (AvgIpc) is 2.28. The van der Waals surface area contributed by atoms with Crippen molar-refractivity contribution in [3.8, 4) is 0 Å². The first-order chi connectivity index (χ1) is 7.65. The molecule has 0 aliphatic heterocycles. The monoisotopic (exact) mass is 263 g/mol. The predicted molar refractivity (Wildman–Crippen MR) is 63.7 cm³/mol. The standard InChI is InChI=1S/C11H12Cl2FNO/c12-5-1-2-6-15-11(16)8-3-4-9(13)10(14)7-8/h3-4,7H,1-2,5-6H2,(H,15,16). The van der Waals surface area contributed by atoms with Gasteiger partial charge in [-0.15, -0.1) is 11.6 Å². The lowest BCUT2D eigenvalue weighted by atomic mass is 10.2. The fourth-order valence-corrected chi connectivity index (χ4v) is 1.47. The summed E-state index contributed by atoms with van der Waals surface area (Å²) in [6.45, 7) is 0.537. The number of carbonyl (C=O) groups is 1. The van der Waals surface area contributed by atoms with E-state index in [0.717, 1.165) is 18.9 Å². The maximum absolute atomic E-state index is 13.1. The molecule has 0 bridgehead atoms. The molecule has 0 aromatic heterocycles. The molecule has 88 valence electrons. The van der Waals surface area contributed by atoms with Gasteiger partial charge in [0.1, 0.15) is 5.82 Å². The minimum atomic E-state index is -0.588. The highest BCUT2D eigenvalue weighted by molar-refractivity contribution is 6.30.